The van der Waals surface area contributed by atoms with Crippen LogP contribution in [0.5, 0.6) is 0 Å². The summed E-state index contributed by atoms with van der Waals surface area (Å²) >= 11 is 0. The van der Waals surface area contributed by atoms with Crippen LogP contribution in [0.1, 0.15) is 26.7 Å². The number of halogens is 2. The fourth-order valence-corrected chi connectivity index (χ4v) is 3.84. The molecule has 1 amide bonds. The molecule has 0 unspecified atom stereocenters. The van der Waals surface area contributed by atoms with Crippen LogP contribution in [-0.2, 0) is 20.3 Å². The molecule has 3 aromatic rings. The quantitative estimate of drug-likeness (QED) is 0.594. The normalized spacial score (nSPS) is 11.2. The molecule has 0 saturated heterocycles. The van der Waals surface area contributed by atoms with Crippen LogP contribution in [0.15, 0.2) is 63.9 Å². The fraction of sp³-hybridized carbons (Fsp3) is 0.100. The number of hydrogen-bond acceptors (Lipinski definition) is 6. The second kappa shape index (κ2) is 8.46. The lowest BCUT2D eigenvalue weighted by molar-refractivity contribution is 0.0595. The zero-order valence-corrected chi connectivity index (χ0v) is 16.3. The van der Waals surface area contributed by atoms with Crippen LogP contribution >= 0.6 is 0 Å². The Morgan fingerprint density at radius 1 is 1.03 bits per heavy atom. The van der Waals surface area contributed by atoms with Gasteiger partial charge in [0.25, 0.3) is 5.91 Å². The third kappa shape index (κ3) is 4.54. The van der Waals surface area contributed by atoms with Crippen molar-refractivity contribution in [2.75, 3.05) is 12.4 Å². The van der Waals surface area contributed by atoms with Crippen LogP contribution in [0.4, 0.5) is 14.5 Å². The Morgan fingerprint density at radius 2 is 1.73 bits per heavy atom. The molecule has 3 rings (SSSR count). The van der Waals surface area contributed by atoms with Gasteiger partial charge in [-0.05, 0) is 30.3 Å². The second-order valence-corrected chi connectivity index (χ2v) is 8.09. The number of carbonyl (C=O) groups excluding carboxylic acids is 2. The molecule has 10 heteroatoms. The first kappa shape index (κ1) is 21.2. The van der Waals surface area contributed by atoms with Crippen molar-refractivity contribution < 1.29 is 35.9 Å². The predicted octanol–water partition coefficient (Wildman–Crippen LogP) is 3.57. The molecule has 2 aromatic carbocycles. The number of esters is 1. The number of carbonyl (C=O) groups is 2. The van der Waals surface area contributed by atoms with E-state index >= 15 is 0 Å². The van der Waals surface area contributed by atoms with E-state index in [0.29, 0.717) is 6.07 Å². The minimum atomic E-state index is -3.69. The average Bonchev–Trinajstić information content (AvgIpc) is 3.18. The number of nitrogens with one attached hydrogen (secondary N) is 1. The van der Waals surface area contributed by atoms with E-state index < -0.39 is 50.4 Å². The zero-order valence-electron chi connectivity index (χ0n) is 15.5. The number of benzene rings is 2. The van der Waals surface area contributed by atoms with Crippen molar-refractivity contribution in [2.45, 2.75) is 10.6 Å². The second-order valence-electron chi connectivity index (χ2n) is 6.10. The lowest BCUT2D eigenvalue weighted by atomic mass is 10.1. The molecule has 1 heterocycles. The standard InChI is InChI=1S/C20H15F2NO6S/c1-28-20(25)14-9-17(16(22)10-15(14)21)23-19(24)18-8-7-12(29-18)11-30(26,27)13-5-3-2-4-6-13/h2-10H,11H2,1H3,(H,23,24). The Bertz CT molecular complexity index is 1210. The molecular weight excluding hydrogens is 420 g/mol. The van der Waals surface area contributed by atoms with Crippen LogP contribution in [0, 0.1) is 11.6 Å². The van der Waals surface area contributed by atoms with Gasteiger partial charge in [0.1, 0.15) is 23.1 Å². The van der Waals surface area contributed by atoms with E-state index in [1.54, 1.807) is 18.2 Å². The number of ether oxygens (including phenoxy) is 1. The fourth-order valence-electron chi connectivity index (χ4n) is 2.57. The molecule has 30 heavy (non-hydrogen) atoms. The summed E-state index contributed by atoms with van der Waals surface area (Å²) in [4.78, 5) is 23.9. The number of furan rings is 1. The number of hydrogen-bond donors (Lipinski definition) is 1. The zero-order chi connectivity index (χ0) is 21.9. The van der Waals surface area contributed by atoms with Gasteiger partial charge in [-0.15, -0.1) is 0 Å². The highest BCUT2D eigenvalue weighted by molar-refractivity contribution is 7.90. The van der Waals surface area contributed by atoms with Gasteiger partial charge < -0.3 is 14.5 Å². The lowest BCUT2D eigenvalue weighted by Gasteiger charge is -2.08. The SMILES string of the molecule is COC(=O)c1cc(NC(=O)c2ccc(CS(=O)(=O)c3ccccc3)o2)c(F)cc1F. The molecule has 0 bridgehead atoms. The van der Waals surface area contributed by atoms with Gasteiger partial charge in [0.15, 0.2) is 15.6 Å². The molecule has 0 fully saturated rings. The van der Waals surface area contributed by atoms with E-state index in [-0.39, 0.29) is 16.4 Å². The largest absolute Gasteiger partial charge is 0.465 e. The summed E-state index contributed by atoms with van der Waals surface area (Å²) in [6.07, 6.45) is 0. The average molecular weight is 435 g/mol. The molecule has 0 spiro atoms. The van der Waals surface area contributed by atoms with Gasteiger partial charge in [0, 0.05) is 6.07 Å². The summed E-state index contributed by atoms with van der Waals surface area (Å²) < 4.78 is 62.1. The van der Waals surface area contributed by atoms with E-state index in [9.17, 15) is 26.8 Å². The Labute approximate surface area is 170 Å². The van der Waals surface area contributed by atoms with E-state index in [1.807, 2.05) is 0 Å². The third-order valence-corrected chi connectivity index (χ3v) is 5.69. The summed E-state index contributed by atoms with van der Waals surface area (Å²) in [6.45, 7) is 0. The number of methoxy groups -OCH3 is 1. The maximum Gasteiger partial charge on any atom is 0.340 e. The molecule has 0 aliphatic carbocycles. The topological polar surface area (TPSA) is 103 Å². The summed E-state index contributed by atoms with van der Waals surface area (Å²) in [7, 11) is -2.67. The van der Waals surface area contributed by atoms with Gasteiger partial charge in [-0.25, -0.2) is 22.0 Å². The molecule has 1 aromatic heterocycles. The predicted molar refractivity (Wildman–Crippen MR) is 102 cm³/mol. The van der Waals surface area contributed by atoms with E-state index in [1.165, 1.54) is 24.3 Å². The molecule has 1 N–H and O–H groups in total. The van der Waals surface area contributed by atoms with Gasteiger partial charge in [0.2, 0.25) is 0 Å². The van der Waals surface area contributed by atoms with Crippen molar-refractivity contribution in [2.24, 2.45) is 0 Å². The van der Waals surface area contributed by atoms with Crippen molar-refractivity contribution in [3.63, 3.8) is 0 Å². The number of amides is 1. The highest BCUT2D eigenvalue weighted by atomic mass is 32.2. The van der Waals surface area contributed by atoms with Crippen LogP contribution < -0.4 is 5.32 Å². The minimum absolute atomic E-state index is 0.00108. The molecule has 0 radical (unpaired) electrons. The maximum atomic E-state index is 14.0. The van der Waals surface area contributed by atoms with E-state index in [0.717, 1.165) is 13.2 Å². The van der Waals surface area contributed by atoms with Crippen molar-refractivity contribution in [3.05, 3.63) is 83.3 Å². The summed E-state index contributed by atoms with van der Waals surface area (Å²) in [6, 6.07) is 11.4. The van der Waals surface area contributed by atoms with E-state index in [4.69, 9.17) is 4.42 Å². The lowest BCUT2D eigenvalue weighted by Crippen LogP contribution is -2.14. The van der Waals surface area contributed by atoms with Crippen molar-refractivity contribution in [3.8, 4) is 0 Å². The monoisotopic (exact) mass is 435 g/mol. The number of sulfone groups is 1. The van der Waals surface area contributed by atoms with Gasteiger partial charge in [-0.1, -0.05) is 18.2 Å². The first-order valence-electron chi connectivity index (χ1n) is 8.46. The van der Waals surface area contributed by atoms with Gasteiger partial charge in [-0.2, -0.15) is 0 Å². The number of anilines is 1. The van der Waals surface area contributed by atoms with Crippen molar-refractivity contribution >= 4 is 27.4 Å². The molecule has 0 atom stereocenters. The molecule has 0 saturated carbocycles. The maximum absolute atomic E-state index is 14.0. The first-order valence-corrected chi connectivity index (χ1v) is 10.1. The molecule has 0 aliphatic rings. The van der Waals surface area contributed by atoms with Crippen molar-refractivity contribution in [1.29, 1.82) is 0 Å². The third-order valence-electron chi connectivity index (χ3n) is 4.03. The summed E-state index contributed by atoms with van der Waals surface area (Å²) in [5.41, 5.74) is -1.04. The first-order chi connectivity index (χ1) is 14.2. The highest BCUT2D eigenvalue weighted by Gasteiger charge is 2.21. The number of rotatable bonds is 6. The Hall–Kier alpha value is -3.53. The summed E-state index contributed by atoms with van der Waals surface area (Å²) in [5.74, 6) is -5.01. The van der Waals surface area contributed by atoms with Gasteiger partial charge in [-0.3, -0.25) is 4.79 Å². The minimum Gasteiger partial charge on any atom is -0.465 e. The molecule has 7 nitrogen and oxygen atoms in total. The Kier molecular flexibility index (Phi) is 5.97. The van der Waals surface area contributed by atoms with Gasteiger partial charge >= 0.3 is 5.97 Å². The molecule has 0 aliphatic heterocycles. The van der Waals surface area contributed by atoms with E-state index in [2.05, 4.69) is 10.1 Å². The van der Waals surface area contributed by atoms with Crippen molar-refractivity contribution in [1.82, 2.24) is 0 Å². The Balaban J connectivity index is 1.78. The highest BCUT2D eigenvalue weighted by Crippen LogP contribution is 2.22. The molecular formula is C20H15F2NO6S. The van der Waals surface area contributed by atoms with Crippen LogP contribution in [-0.4, -0.2) is 27.4 Å². The van der Waals surface area contributed by atoms with Gasteiger partial charge in [0.05, 0.1) is 23.3 Å². The molecule has 156 valence electrons. The van der Waals surface area contributed by atoms with Crippen LogP contribution in [0.25, 0.3) is 0 Å². The summed E-state index contributed by atoms with van der Waals surface area (Å²) in [5, 5.41) is 2.15. The van der Waals surface area contributed by atoms with Crippen LogP contribution in [0.2, 0.25) is 0 Å². The smallest absolute Gasteiger partial charge is 0.340 e. The Morgan fingerprint density at radius 3 is 2.40 bits per heavy atom. The van der Waals surface area contributed by atoms with Crippen LogP contribution in [0.3, 0.4) is 0 Å².